The van der Waals surface area contributed by atoms with Crippen molar-refractivity contribution in [1.82, 2.24) is 5.32 Å². The molecule has 1 N–H and O–H groups in total. The predicted molar refractivity (Wildman–Crippen MR) is 162 cm³/mol. The molecule has 5 heteroatoms. The van der Waals surface area contributed by atoms with Crippen molar-refractivity contribution >= 4 is 26.2 Å². The maximum atomic E-state index is 12.4. The molecule has 1 saturated heterocycles. The zero-order chi connectivity index (χ0) is 26.5. The zero-order valence-corrected chi connectivity index (χ0v) is 24.9. The summed E-state index contributed by atoms with van der Waals surface area (Å²) in [7, 11) is 2.60. The number of hydrogen-bond donors (Lipinski definition) is 1. The first-order valence-electron chi connectivity index (χ1n) is 16.7. The first-order chi connectivity index (χ1) is 17.9. The Balaban J connectivity index is 1.59. The van der Waals surface area contributed by atoms with Crippen LogP contribution in [-0.2, 0) is 9.59 Å². The first-order valence-corrected chi connectivity index (χ1v) is 16.7. The molecule has 3 fully saturated rings. The van der Waals surface area contributed by atoms with E-state index in [1.54, 1.807) is 0 Å². The highest BCUT2D eigenvalue weighted by Gasteiger charge is 2.55. The second-order valence-corrected chi connectivity index (χ2v) is 14.1. The standard InChI is InChI=1S/C32H59B2NO2/c1-30(22-17-13-10-8-6-4-3-5-7-9-11-14-18-23-30)32(26-27-32)34-33-31(2)24-19-15-12-16-20-28(36)35-29(37)21-25-31/h33-34H,3-27H2,1-2H3,(H,35,36,37). The van der Waals surface area contributed by atoms with E-state index in [0.29, 0.717) is 23.6 Å². The van der Waals surface area contributed by atoms with Crippen molar-refractivity contribution in [2.45, 2.75) is 185 Å². The van der Waals surface area contributed by atoms with Crippen molar-refractivity contribution in [3.8, 4) is 0 Å². The number of imide groups is 1. The van der Waals surface area contributed by atoms with Crippen LogP contribution < -0.4 is 5.32 Å². The number of nitrogens with one attached hydrogen (secondary N) is 1. The van der Waals surface area contributed by atoms with Gasteiger partial charge in [0.25, 0.3) is 0 Å². The van der Waals surface area contributed by atoms with Gasteiger partial charge < -0.3 is 0 Å². The maximum Gasteiger partial charge on any atom is 0.226 e. The molecular weight excluding hydrogens is 452 g/mol. The average Bonchev–Trinajstić information content (AvgIpc) is 3.67. The summed E-state index contributed by atoms with van der Waals surface area (Å²) in [6.45, 7) is 5.12. The molecule has 3 aliphatic rings. The summed E-state index contributed by atoms with van der Waals surface area (Å²) >= 11 is 0. The quantitative estimate of drug-likeness (QED) is 0.304. The van der Waals surface area contributed by atoms with Gasteiger partial charge in [-0.1, -0.05) is 146 Å². The van der Waals surface area contributed by atoms with Gasteiger partial charge in [-0.15, -0.1) is 0 Å². The molecular formula is C32H59B2NO2. The lowest BCUT2D eigenvalue weighted by Gasteiger charge is -2.41. The predicted octanol–water partition coefficient (Wildman–Crippen LogP) is 8.55. The molecule has 210 valence electrons. The van der Waals surface area contributed by atoms with Crippen LogP contribution in [-0.4, -0.2) is 26.2 Å². The lowest BCUT2D eigenvalue weighted by Crippen LogP contribution is -2.36. The molecule has 0 aromatic carbocycles. The summed E-state index contributed by atoms with van der Waals surface area (Å²) in [4.78, 5) is 24.5. The lowest BCUT2D eigenvalue weighted by molar-refractivity contribution is -0.130. The third kappa shape index (κ3) is 10.7. The van der Waals surface area contributed by atoms with Crippen LogP contribution >= 0.6 is 0 Å². The monoisotopic (exact) mass is 511 g/mol. The highest BCUT2D eigenvalue weighted by molar-refractivity contribution is 7.03. The van der Waals surface area contributed by atoms with Crippen molar-refractivity contribution in [3.05, 3.63) is 0 Å². The van der Waals surface area contributed by atoms with Crippen LogP contribution in [0.5, 0.6) is 0 Å². The molecule has 2 amide bonds. The normalized spacial score (nSPS) is 29.7. The van der Waals surface area contributed by atoms with Crippen molar-refractivity contribution < 1.29 is 9.59 Å². The third-order valence-electron chi connectivity index (χ3n) is 11.0. The Bertz CT molecular complexity index is 676. The van der Waals surface area contributed by atoms with Gasteiger partial charge in [-0.05, 0) is 31.1 Å². The van der Waals surface area contributed by atoms with E-state index >= 15 is 0 Å². The molecule has 37 heavy (non-hydrogen) atoms. The van der Waals surface area contributed by atoms with Crippen LogP contribution in [0.4, 0.5) is 0 Å². The summed E-state index contributed by atoms with van der Waals surface area (Å²) in [5, 5.41) is 3.42. The van der Waals surface area contributed by atoms with Crippen LogP contribution in [0.25, 0.3) is 0 Å². The Kier molecular flexibility index (Phi) is 13.1. The summed E-state index contributed by atoms with van der Waals surface area (Å²) in [6, 6.07) is 0. The van der Waals surface area contributed by atoms with Crippen LogP contribution in [0.1, 0.15) is 174 Å². The zero-order valence-electron chi connectivity index (χ0n) is 24.9. The van der Waals surface area contributed by atoms with Gasteiger partial charge >= 0.3 is 0 Å². The van der Waals surface area contributed by atoms with Gasteiger partial charge in [-0.25, -0.2) is 0 Å². The molecule has 2 saturated carbocycles. The summed E-state index contributed by atoms with van der Waals surface area (Å²) in [6.07, 6.45) is 32.1. The second kappa shape index (κ2) is 15.8. The van der Waals surface area contributed by atoms with Gasteiger partial charge in [0.15, 0.2) is 0 Å². The third-order valence-corrected chi connectivity index (χ3v) is 11.0. The van der Waals surface area contributed by atoms with Gasteiger partial charge in [-0.2, -0.15) is 0 Å². The number of carbonyl (C=O) groups is 2. The van der Waals surface area contributed by atoms with Crippen LogP contribution in [0, 0.1) is 5.41 Å². The maximum absolute atomic E-state index is 12.4. The van der Waals surface area contributed by atoms with E-state index in [-0.39, 0.29) is 17.1 Å². The molecule has 1 heterocycles. The minimum atomic E-state index is -0.0721. The van der Waals surface area contributed by atoms with Gasteiger partial charge in [0.2, 0.25) is 11.8 Å². The molecule has 2 aliphatic carbocycles. The Morgan fingerprint density at radius 2 is 0.919 bits per heavy atom. The molecule has 0 spiro atoms. The van der Waals surface area contributed by atoms with Crippen LogP contribution in [0.3, 0.4) is 0 Å². The summed E-state index contributed by atoms with van der Waals surface area (Å²) in [5.41, 5.74) is 0.496. The largest absolute Gasteiger partial charge is 0.296 e. The molecule has 3 nitrogen and oxygen atoms in total. The number of carbonyl (C=O) groups excluding carboxylic acids is 2. The van der Waals surface area contributed by atoms with Crippen molar-refractivity contribution in [2.75, 3.05) is 0 Å². The average molecular weight is 511 g/mol. The van der Waals surface area contributed by atoms with Crippen LogP contribution in [0.15, 0.2) is 0 Å². The smallest absolute Gasteiger partial charge is 0.226 e. The van der Waals surface area contributed by atoms with E-state index < -0.39 is 0 Å². The van der Waals surface area contributed by atoms with Gasteiger partial charge in [-0.3, -0.25) is 14.9 Å². The molecule has 0 aromatic heterocycles. The van der Waals surface area contributed by atoms with E-state index in [2.05, 4.69) is 19.2 Å². The fraction of sp³-hybridized carbons (Fsp3) is 0.938. The first kappa shape index (κ1) is 30.8. The van der Waals surface area contributed by atoms with Crippen molar-refractivity contribution in [1.29, 1.82) is 0 Å². The fourth-order valence-electron chi connectivity index (χ4n) is 7.74. The highest BCUT2D eigenvalue weighted by Crippen LogP contribution is 2.68. The number of hydrogen-bond acceptors (Lipinski definition) is 2. The molecule has 1 atom stereocenters. The van der Waals surface area contributed by atoms with Gasteiger partial charge in [0, 0.05) is 12.8 Å². The van der Waals surface area contributed by atoms with E-state index in [1.807, 2.05) is 0 Å². The molecule has 0 bridgehead atoms. The number of amides is 2. The van der Waals surface area contributed by atoms with Crippen molar-refractivity contribution in [2.24, 2.45) is 5.41 Å². The Hall–Kier alpha value is -0.730. The minimum absolute atomic E-state index is 0.0533. The highest BCUT2D eigenvalue weighted by atomic mass is 16.2. The second-order valence-electron chi connectivity index (χ2n) is 14.1. The Morgan fingerprint density at radius 1 is 0.486 bits per heavy atom. The van der Waals surface area contributed by atoms with Crippen LogP contribution in [0.2, 0.25) is 10.6 Å². The summed E-state index contributed by atoms with van der Waals surface area (Å²) < 4.78 is 0. The van der Waals surface area contributed by atoms with E-state index in [4.69, 9.17) is 0 Å². The lowest BCUT2D eigenvalue weighted by atomic mass is 9.20. The topological polar surface area (TPSA) is 46.2 Å². The number of rotatable bonds is 4. The Labute approximate surface area is 231 Å². The molecule has 1 aliphatic heterocycles. The SMILES string of the molecule is CC1(BBC2(C3(C)CCCCCCCCCCCCCCC3)CC2)CCCCCCC(=O)NC(=O)CC1. The molecule has 3 rings (SSSR count). The molecule has 0 aromatic rings. The van der Waals surface area contributed by atoms with Gasteiger partial charge in [0.05, 0.1) is 14.3 Å². The minimum Gasteiger partial charge on any atom is -0.296 e. The van der Waals surface area contributed by atoms with Gasteiger partial charge in [0.1, 0.15) is 0 Å². The van der Waals surface area contributed by atoms with Crippen molar-refractivity contribution in [3.63, 3.8) is 0 Å². The van der Waals surface area contributed by atoms with E-state index in [1.165, 1.54) is 143 Å². The molecule has 0 radical (unpaired) electrons. The Morgan fingerprint density at radius 3 is 1.43 bits per heavy atom. The van der Waals surface area contributed by atoms with E-state index in [9.17, 15) is 9.59 Å². The molecule has 1 unspecified atom stereocenters. The van der Waals surface area contributed by atoms with E-state index in [0.717, 1.165) is 19.3 Å². The fourth-order valence-corrected chi connectivity index (χ4v) is 7.74. The summed E-state index contributed by atoms with van der Waals surface area (Å²) in [5.74, 6) is -0.125.